The topological polar surface area (TPSA) is 84.9 Å². The van der Waals surface area contributed by atoms with E-state index in [9.17, 15) is 9.59 Å². The Morgan fingerprint density at radius 2 is 2.10 bits per heavy atom. The van der Waals surface area contributed by atoms with E-state index in [-0.39, 0.29) is 12.5 Å². The van der Waals surface area contributed by atoms with Gasteiger partial charge in [0.05, 0.1) is 10.4 Å². The van der Waals surface area contributed by atoms with E-state index in [1.165, 1.54) is 6.92 Å². The zero-order chi connectivity index (χ0) is 14.7. The van der Waals surface area contributed by atoms with Crippen molar-refractivity contribution < 1.29 is 24.2 Å². The van der Waals surface area contributed by atoms with Crippen molar-refractivity contribution in [2.75, 3.05) is 19.8 Å². The molecule has 2 N–H and O–H groups in total. The van der Waals surface area contributed by atoms with Gasteiger partial charge in [0, 0.05) is 12.1 Å². The molecule has 0 fully saturated rings. The van der Waals surface area contributed by atoms with Crippen molar-refractivity contribution in [1.29, 1.82) is 0 Å². The summed E-state index contributed by atoms with van der Waals surface area (Å²) in [7, 11) is 0. The smallest absolute Gasteiger partial charge is 0.308 e. The summed E-state index contributed by atoms with van der Waals surface area (Å²) in [5, 5.41) is 11.3. The minimum atomic E-state index is -0.950. The van der Waals surface area contributed by atoms with Crippen LogP contribution in [0.1, 0.15) is 17.3 Å². The molecule has 1 aromatic carbocycles. The average Bonchev–Trinajstić information content (AvgIpc) is 2.44. The van der Waals surface area contributed by atoms with E-state index >= 15 is 0 Å². The van der Waals surface area contributed by atoms with Gasteiger partial charge >= 0.3 is 5.97 Å². The second-order valence-electron chi connectivity index (χ2n) is 4.43. The summed E-state index contributed by atoms with van der Waals surface area (Å²) in [4.78, 5) is 22.7. The first-order valence-electron chi connectivity index (χ1n) is 6.09. The number of amides is 1. The lowest BCUT2D eigenvalue weighted by Crippen LogP contribution is -2.31. The third kappa shape index (κ3) is 3.22. The van der Waals surface area contributed by atoms with Crippen LogP contribution in [0.15, 0.2) is 16.6 Å². The average molecular weight is 344 g/mol. The molecule has 7 heteroatoms. The van der Waals surface area contributed by atoms with Gasteiger partial charge in [-0.05, 0) is 28.1 Å². The third-order valence-corrected chi connectivity index (χ3v) is 3.44. The highest BCUT2D eigenvalue weighted by molar-refractivity contribution is 9.10. The summed E-state index contributed by atoms with van der Waals surface area (Å²) in [6.07, 6.45) is 0. The molecule has 0 aromatic heterocycles. The highest BCUT2D eigenvalue weighted by Crippen LogP contribution is 2.38. The minimum Gasteiger partial charge on any atom is -0.486 e. The number of rotatable bonds is 4. The van der Waals surface area contributed by atoms with E-state index < -0.39 is 11.9 Å². The van der Waals surface area contributed by atoms with Crippen molar-refractivity contribution in [1.82, 2.24) is 5.32 Å². The number of ether oxygens (including phenoxy) is 2. The number of carbonyl (C=O) groups is 2. The molecule has 1 unspecified atom stereocenters. The second-order valence-corrected chi connectivity index (χ2v) is 5.29. The zero-order valence-electron chi connectivity index (χ0n) is 10.8. The fourth-order valence-electron chi connectivity index (χ4n) is 1.68. The summed E-state index contributed by atoms with van der Waals surface area (Å²) in [5.74, 6) is -0.863. The molecule has 1 aliphatic heterocycles. The van der Waals surface area contributed by atoms with Gasteiger partial charge in [-0.3, -0.25) is 9.59 Å². The summed E-state index contributed by atoms with van der Waals surface area (Å²) in [6.45, 7) is 2.50. The highest BCUT2D eigenvalue weighted by Gasteiger charge is 2.19. The summed E-state index contributed by atoms with van der Waals surface area (Å²) >= 11 is 3.33. The minimum absolute atomic E-state index is 0.0697. The van der Waals surface area contributed by atoms with Gasteiger partial charge in [0.25, 0.3) is 5.91 Å². The van der Waals surface area contributed by atoms with Crippen LogP contribution < -0.4 is 14.8 Å². The molecule has 0 saturated heterocycles. The van der Waals surface area contributed by atoms with Crippen molar-refractivity contribution >= 4 is 27.8 Å². The molecule has 0 bridgehead atoms. The van der Waals surface area contributed by atoms with E-state index in [4.69, 9.17) is 14.6 Å². The molecular weight excluding hydrogens is 330 g/mol. The van der Waals surface area contributed by atoms with Crippen LogP contribution in [-0.4, -0.2) is 36.7 Å². The van der Waals surface area contributed by atoms with Gasteiger partial charge in [0.15, 0.2) is 11.5 Å². The second kappa shape index (κ2) is 6.13. The number of hydrogen-bond donors (Lipinski definition) is 2. The van der Waals surface area contributed by atoms with Crippen molar-refractivity contribution in [3.8, 4) is 11.5 Å². The van der Waals surface area contributed by atoms with Crippen LogP contribution in [0.2, 0.25) is 0 Å². The molecule has 0 saturated carbocycles. The Bertz CT molecular complexity index is 546. The zero-order valence-corrected chi connectivity index (χ0v) is 12.4. The predicted octanol–water partition coefficient (Wildman–Crippen LogP) is 1.67. The number of aliphatic carboxylic acids is 1. The lowest BCUT2D eigenvalue weighted by Gasteiger charge is -2.20. The summed E-state index contributed by atoms with van der Waals surface area (Å²) in [5.41, 5.74) is 0.388. The molecule has 0 aliphatic carbocycles. The molecule has 20 heavy (non-hydrogen) atoms. The maximum absolute atomic E-state index is 12.0. The Morgan fingerprint density at radius 3 is 2.80 bits per heavy atom. The number of fused-ring (bicyclic) bond motifs is 1. The molecule has 108 valence electrons. The maximum atomic E-state index is 12.0. The molecule has 1 heterocycles. The fourth-order valence-corrected chi connectivity index (χ4v) is 2.23. The highest BCUT2D eigenvalue weighted by atomic mass is 79.9. The number of nitrogens with one attached hydrogen (secondary N) is 1. The molecule has 1 atom stereocenters. The van der Waals surface area contributed by atoms with Gasteiger partial charge in [-0.2, -0.15) is 0 Å². The van der Waals surface area contributed by atoms with E-state index in [1.807, 2.05) is 0 Å². The lowest BCUT2D eigenvalue weighted by atomic mass is 10.1. The van der Waals surface area contributed by atoms with Gasteiger partial charge in [-0.1, -0.05) is 6.92 Å². The molecule has 1 aromatic rings. The molecule has 0 spiro atoms. The van der Waals surface area contributed by atoms with Crippen LogP contribution in [0, 0.1) is 5.92 Å². The van der Waals surface area contributed by atoms with Crippen LogP contribution in [-0.2, 0) is 4.79 Å². The monoisotopic (exact) mass is 343 g/mol. The van der Waals surface area contributed by atoms with E-state index in [0.717, 1.165) is 0 Å². The normalized spacial score (nSPS) is 14.5. The Morgan fingerprint density at radius 1 is 1.40 bits per heavy atom. The first-order valence-corrected chi connectivity index (χ1v) is 6.88. The number of halogens is 1. The number of carbonyl (C=O) groups excluding carboxylic acids is 1. The third-order valence-electron chi connectivity index (χ3n) is 2.85. The van der Waals surface area contributed by atoms with Gasteiger partial charge in [-0.15, -0.1) is 0 Å². The largest absolute Gasteiger partial charge is 0.486 e. The maximum Gasteiger partial charge on any atom is 0.308 e. The molecule has 2 rings (SSSR count). The van der Waals surface area contributed by atoms with Crippen LogP contribution in [0.25, 0.3) is 0 Å². The standard InChI is InChI=1S/C13H14BrNO5/c1-7(13(17)18)6-15-12(16)8-4-9(14)11-10(5-8)19-2-3-20-11/h4-5,7H,2-3,6H2,1H3,(H,15,16)(H,17,18). The fraction of sp³-hybridized carbons (Fsp3) is 0.385. The Kier molecular flexibility index (Phi) is 4.49. The van der Waals surface area contributed by atoms with Crippen molar-refractivity contribution in [3.63, 3.8) is 0 Å². The summed E-state index contributed by atoms with van der Waals surface area (Å²) < 4.78 is 11.5. The van der Waals surface area contributed by atoms with Gasteiger partial charge in [0.1, 0.15) is 13.2 Å². The molecule has 6 nitrogen and oxygen atoms in total. The van der Waals surface area contributed by atoms with Crippen LogP contribution in [0.4, 0.5) is 0 Å². The quantitative estimate of drug-likeness (QED) is 0.868. The van der Waals surface area contributed by atoms with Crippen molar-refractivity contribution in [3.05, 3.63) is 22.2 Å². The van der Waals surface area contributed by atoms with Gasteiger partial charge < -0.3 is 19.9 Å². The summed E-state index contributed by atoms with van der Waals surface area (Å²) in [6, 6.07) is 3.20. The predicted molar refractivity (Wildman–Crippen MR) is 74.3 cm³/mol. The van der Waals surface area contributed by atoms with Gasteiger partial charge in [-0.25, -0.2) is 0 Å². The lowest BCUT2D eigenvalue weighted by molar-refractivity contribution is -0.140. The first kappa shape index (κ1) is 14.6. The molecule has 1 aliphatic rings. The Labute approximate surface area is 124 Å². The first-order chi connectivity index (χ1) is 9.49. The number of benzene rings is 1. The number of carboxylic acid groups (broad SMARTS) is 1. The molecular formula is C13H14BrNO5. The SMILES string of the molecule is CC(CNC(=O)c1cc(Br)c2c(c1)OCCO2)C(=O)O. The molecule has 1 amide bonds. The van der Waals surface area contributed by atoms with E-state index in [2.05, 4.69) is 21.2 Å². The van der Waals surface area contributed by atoms with E-state index in [0.29, 0.717) is 34.7 Å². The molecule has 0 radical (unpaired) electrons. The van der Waals surface area contributed by atoms with Gasteiger partial charge in [0.2, 0.25) is 0 Å². The number of hydrogen-bond acceptors (Lipinski definition) is 4. The van der Waals surface area contributed by atoms with Crippen molar-refractivity contribution in [2.45, 2.75) is 6.92 Å². The Hall–Kier alpha value is -1.76. The van der Waals surface area contributed by atoms with Crippen molar-refractivity contribution in [2.24, 2.45) is 5.92 Å². The van der Waals surface area contributed by atoms with Crippen LogP contribution in [0.3, 0.4) is 0 Å². The van der Waals surface area contributed by atoms with E-state index in [1.54, 1.807) is 12.1 Å². The number of carboxylic acids is 1. The van der Waals surface area contributed by atoms with Crippen LogP contribution >= 0.6 is 15.9 Å². The van der Waals surface area contributed by atoms with Crippen LogP contribution in [0.5, 0.6) is 11.5 Å². The Balaban J connectivity index is 2.10.